The molecule has 2 aromatic carbocycles. The minimum atomic E-state index is -0.164. The maximum atomic E-state index is 6.02. The number of ether oxygens (including phenoxy) is 2. The molecular weight excluding hydrogens is 288 g/mol. The summed E-state index contributed by atoms with van der Waals surface area (Å²) in [5, 5.41) is 0.633. The molecule has 1 heterocycles. The summed E-state index contributed by atoms with van der Waals surface area (Å²) < 4.78 is 11.0. The number of methoxy groups -OCH3 is 1. The van der Waals surface area contributed by atoms with Gasteiger partial charge in [-0.15, -0.1) is 0 Å². The van der Waals surface area contributed by atoms with Gasteiger partial charge in [-0.2, -0.15) is 0 Å². The molecule has 0 bridgehead atoms. The van der Waals surface area contributed by atoms with Gasteiger partial charge >= 0.3 is 0 Å². The average molecular weight is 305 g/mol. The first-order valence-corrected chi connectivity index (χ1v) is 7.16. The van der Waals surface area contributed by atoms with E-state index >= 15 is 0 Å². The molecule has 21 heavy (non-hydrogen) atoms. The normalized spacial score (nSPS) is 14.4. The van der Waals surface area contributed by atoms with Crippen molar-refractivity contribution in [2.75, 3.05) is 13.7 Å². The number of nitrogens with one attached hydrogen (secondary N) is 1. The van der Waals surface area contributed by atoms with Crippen molar-refractivity contribution in [1.82, 2.24) is 5.43 Å². The molecule has 1 aliphatic rings. The molecular formula is C16H17ClN2O2. The van der Waals surface area contributed by atoms with Crippen LogP contribution in [0.2, 0.25) is 5.02 Å². The molecule has 3 N–H and O–H groups in total. The number of benzene rings is 2. The molecule has 1 aliphatic heterocycles. The number of halogens is 1. The van der Waals surface area contributed by atoms with Crippen molar-refractivity contribution < 1.29 is 9.47 Å². The second-order valence-corrected chi connectivity index (χ2v) is 5.39. The fourth-order valence-electron chi connectivity index (χ4n) is 2.68. The zero-order valence-electron chi connectivity index (χ0n) is 11.7. The van der Waals surface area contributed by atoms with Gasteiger partial charge in [-0.05, 0) is 29.3 Å². The molecule has 110 valence electrons. The lowest BCUT2D eigenvalue weighted by Gasteiger charge is -2.20. The Bertz CT molecular complexity index is 661. The first-order chi connectivity index (χ1) is 10.2. The van der Waals surface area contributed by atoms with E-state index in [2.05, 4.69) is 11.5 Å². The minimum Gasteiger partial charge on any atom is -0.496 e. The van der Waals surface area contributed by atoms with Gasteiger partial charge in [0.2, 0.25) is 0 Å². The van der Waals surface area contributed by atoms with Crippen LogP contribution in [0.3, 0.4) is 0 Å². The molecule has 1 atom stereocenters. The highest BCUT2D eigenvalue weighted by Gasteiger charge is 2.20. The Balaban J connectivity index is 2.02. The van der Waals surface area contributed by atoms with E-state index in [1.807, 2.05) is 24.3 Å². The predicted molar refractivity (Wildman–Crippen MR) is 82.8 cm³/mol. The minimum absolute atomic E-state index is 0.164. The maximum absolute atomic E-state index is 6.02. The number of hydrogen-bond acceptors (Lipinski definition) is 4. The molecule has 0 amide bonds. The summed E-state index contributed by atoms with van der Waals surface area (Å²) in [6.45, 7) is 0.740. The summed E-state index contributed by atoms with van der Waals surface area (Å²) in [5.74, 6) is 7.44. The predicted octanol–water partition coefficient (Wildman–Crippen LogP) is 2.84. The maximum Gasteiger partial charge on any atom is 0.125 e. The summed E-state index contributed by atoms with van der Waals surface area (Å²) in [7, 11) is 1.62. The third-order valence-electron chi connectivity index (χ3n) is 3.72. The van der Waals surface area contributed by atoms with E-state index < -0.39 is 0 Å². The largest absolute Gasteiger partial charge is 0.496 e. The van der Waals surface area contributed by atoms with E-state index in [0.29, 0.717) is 10.8 Å². The van der Waals surface area contributed by atoms with Crippen LogP contribution in [0.4, 0.5) is 0 Å². The first-order valence-electron chi connectivity index (χ1n) is 6.78. The quantitative estimate of drug-likeness (QED) is 0.673. The van der Waals surface area contributed by atoms with Crippen molar-refractivity contribution in [3.63, 3.8) is 0 Å². The molecule has 5 heteroatoms. The van der Waals surface area contributed by atoms with E-state index in [1.54, 1.807) is 13.2 Å². The summed E-state index contributed by atoms with van der Waals surface area (Å²) >= 11 is 6.02. The van der Waals surface area contributed by atoms with Gasteiger partial charge in [-0.1, -0.05) is 29.8 Å². The highest BCUT2D eigenvalue weighted by Crippen LogP contribution is 2.34. The van der Waals surface area contributed by atoms with Gasteiger partial charge in [-0.25, -0.2) is 5.43 Å². The van der Waals surface area contributed by atoms with Crippen LogP contribution in [0.5, 0.6) is 11.5 Å². The van der Waals surface area contributed by atoms with Crippen molar-refractivity contribution in [2.45, 2.75) is 12.5 Å². The van der Waals surface area contributed by atoms with E-state index in [4.69, 9.17) is 26.9 Å². The van der Waals surface area contributed by atoms with Gasteiger partial charge in [0.25, 0.3) is 0 Å². The SMILES string of the molecule is COc1cc(Cl)ccc1C(NN)c1ccc2c(c1)CCO2. The molecule has 3 rings (SSSR count). The highest BCUT2D eigenvalue weighted by molar-refractivity contribution is 6.30. The number of fused-ring (bicyclic) bond motifs is 1. The van der Waals surface area contributed by atoms with Crippen LogP contribution in [0.1, 0.15) is 22.7 Å². The van der Waals surface area contributed by atoms with Gasteiger partial charge in [0.1, 0.15) is 11.5 Å². The zero-order chi connectivity index (χ0) is 14.8. The third-order valence-corrected chi connectivity index (χ3v) is 3.96. The van der Waals surface area contributed by atoms with Gasteiger partial charge in [0.15, 0.2) is 0 Å². The monoisotopic (exact) mass is 304 g/mol. The molecule has 0 saturated heterocycles. The molecule has 0 aliphatic carbocycles. The molecule has 1 unspecified atom stereocenters. The van der Waals surface area contributed by atoms with Gasteiger partial charge in [0, 0.05) is 17.0 Å². The van der Waals surface area contributed by atoms with E-state index in [9.17, 15) is 0 Å². The van der Waals surface area contributed by atoms with Crippen molar-refractivity contribution in [1.29, 1.82) is 0 Å². The highest BCUT2D eigenvalue weighted by atomic mass is 35.5. The molecule has 4 nitrogen and oxygen atoms in total. The van der Waals surface area contributed by atoms with Crippen molar-refractivity contribution in [3.05, 3.63) is 58.1 Å². The van der Waals surface area contributed by atoms with Gasteiger partial charge < -0.3 is 9.47 Å². The second kappa shape index (κ2) is 5.93. The number of nitrogens with two attached hydrogens (primary N) is 1. The zero-order valence-corrected chi connectivity index (χ0v) is 12.5. The lowest BCUT2D eigenvalue weighted by Crippen LogP contribution is -2.29. The van der Waals surface area contributed by atoms with Crippen LogP contribution in [0.15, 0.2) is 36.4 Å². The Kier molecular flexibility index (Phi) is 4.01. The van der Waals surface area contributed by atoms with Crippen LogP contribution in [-0.4, -0.2) is 13.7 Å². The Morgan fingerprint density at radius 3 is 2.90 bits per heavy atom. The van der Waals surface area contributed by atoms with Crippen molar-refractivity contribution >= 4 is 11.6 Å². The Hall–Kier alpha value is -1.75. The van der Waals surface area contributed by atoms with Crippen LogP contribution in [-0.2, 0) is 6.42 Å². The summed E-state index contributed by atoms with van der Waals surface area (Å²) in [4.78, 5) is 0. The topological polar surface area (TPSA) is 56.5 Å². The fourth-order valence-corrected chi connectivity index (χ4v) is 2.84. The second-order valence-electron chi connectivity index (χ2n) is 4.95. The fraction of sp³-hybridized carbons (Fsp3) is 0.250. The van der Waals surface area contributed by atoms with E-state index in [-0.39, 0.29) is 6.04 Å². The van der Waals surface area contributed by atoms with Gasteiger partial charge in [0.05, 0.1) is 19.8 Å². The number of hydrogen-bond donors (Lipinski definition) is 2. The van der Waals surface area contributed by atoms with Crippen LogP contribution >= 0.6 is 11.6 Å². The third kappa shape index (κ3) is 2.70. The number of rotatable bonds is 4. The van der Waals surface area contributed by atoms with E-state index in [0.717, 1.165) is 29.9 Å². The van der Waals surface area contributed by atoms with Crippen molar-refractivity contribution in [2.24, 2.45) is 5.84 Å². The van der Waals surface area contributed by atoms with Gasteiger partial charge in [-0.3, -0.25) is 5.84 Å². The summed E-state index contributed by atoms with van der Waals surface area (Å²) in [5.41, 5.74) is 6.08. The Morgan fingerprint density at radius 1 is 1.29 bits per heavy atom. The van der Waals surface area contributed by atoms with Crippen LogP contribution in [0, 0.1) is 0 Å². The molecule has 0 spiro atoms. The smallest absolute Gasteiger partial charge is 0.125 e. The molecule has 0 saturated carbocycles. The molecule has 0 radical (unpaired) electrons. The molecule has 2 aromatic rings. The number of hydrazine groups is 1. The van der Waals surface area contributed by atoms with Crippen LogP contribution < -0.4 is 20.7 Å². The standard InChI is InChI=1S/C16H17ClN2O2/c1-20-15-9-12(17)3-4-13(15)16(19-18)11-2-5-14-10(8-11)6-7-21-14/h2-5,8-9,16,19H,6-7,18H2,1H3. The lowest BCUT2D eigenvalue weighted by molar-refractivity contribution is 0.356. The molecule has 0 aromatic heterocycles. The Morgan fingerprint density at radius 2 is 2.14 bits per heavy atom. The first kappa shape index (κ1) is 14.2. The van der Waals surface area contributed by atoms with E-state index in [1.165, 1.54) is 5.56 Å². The van der Waals surface area contributed by atoms with Crippen LogP contribution in [0.25, 0.3) is 0 Å². The molecule has 0 fully saturated rings. The summed E-state index contributed by atoms with van der Waals surface area (Å²) in [6, 6.07) is 11.5. The average Bonchev–Trinajstić information content (AvgIpc) is 2.97. The lowest BCUT2D eigenvalue weighted by atomic mass is 9.96. The summed E-state index contributed by atoms with van der Waals surface area (Å²) in [6.07, 6.45) is 0.929. The van der Waals surface area contributed by atoms with Crippen molar-refractivity contribution in [3.8, 4) is 11.5 Å². The Labute approximate surface area is 128 Å².